The Labute approximate surface area is 154 Å². The van der Waals surface area contributed by atoms with Crippen molar-refractivity contribution in [3.8, 4) is 0 Å². The van der Waals surface area contributed by atoms with Crippen molar-refractivity contribution in [3.05, 3.63) is 50.9 Å². The molecule has 0 unspecified atom stereocenters. The third kappa shape index (κ3) is 2.82. The summed E-state index contributed by atoms with van der Waals surface area (Å²) < 4.78 is 1.28. The minimum Gasteiger partial charge on any atom is -0.302 e. The highest BCUT2D eigenvalue weighted by atomic mass is 32.1. The topological polar surface area (TPSA) is 76.9 Å². The number of aromatic nitrogens is 3. The van der Waals surface area contributed by atoms with Gasteiger partial charge in [-0.3, -0.25) is 9.59 Å². The summed E-state index contributed by atoms with van der Waals surface area (Å²) in [6.07, 6.45) is 2.22. The Kier molecular flexibility index (Phi) is 3.91. The summed E-state index contributed by atoms with van der Waals surface area (Å²) in [7, 11) is 1.60. The molecular weight excluding hydrogens is 348 g/mol. The number of hydrogen-bond acceptors (Lipinski definition) is 5. The van der Waals surface area contributed by atoms with Gasteiger partial charge in [0.1, 0.15) is 0 Å². The molecule has 134 valence electrons. The van der Waals surface area contributed by atoms with E-state index in [-0.39, 0.29) is 23.3 Å². The van der Waals surface area contributed by atoms with E-state index in [1.807, 2.05) is 18.2 Å². The average Bonchev–Trinajstić information content (AvgIpc) is 3.12. The summed E-state index contributed by atoms with van der Waals surface area (Å²) in [5.41, 5.74) is 1.60. The van der Waals surface area contributed by atoms with Gasteiger partial charge >= 0.3 is 0 Å². The van der Waals surface area contributed by atoms with E-state index in [9.17, 15) is 9.59 Å². The summed E-state index contributed by atoms with van der Waals surface area (Å²) in [6.45, 7) is 4.37. The normalized spacial score (nSPS) is 15.2. The molecule has 1 N–H and O–H groups in total. The molecule has 3 aromatic rings. The molecule has 1 aromatic carbocycles. The molecule has 1 aliphatic carbocycles. The number of hydrogen-bond donors (Lipinski definition) is 1. The molecule has 26 heavy (non-hydrogen) atoms. The van der Waals surface area contributed by atoms with Crippen LogP contribution in [0.15, 0.2) is 29.1 Å². The molecule has 0 spiro atoms. The number of nitrogens with zero attached hydrogens (tertiary/aromatic N) is 3. The Hall–Kier alpha value is -2.54. The average molecular weight is 368 g/mol. The second kappa shape index (κ2) is 6.02. The molecule has 7 heteroatoms. The van der Waals surface area contributed by atoms with Crippen molar-refractivity contribution in [2.75, 3.05) is 5.32 Å². The number of aryl methyl sites for hydroxylation is 2. The second-order valence-electron chi connectivity index (χ2n) is 7.32. The molecule has 2 heterocycles. The molecule has 6 nitrogen and oxygen atoms in total. The van der Waals surface area contributed by atoms with E-state index in [0.29, 0.717) is 21.6 Å². The van der Waals surface area contributed by atoms with Crippen LogP contribution in [0.5, 0.6) is 0 Å². The van der Waals surface area contributed by atoms with E-state index in [1.165, 1.54) is 9.56 Å². The molecule has 1 aliphatic rings. The molecule has 2 aromatic heterocycles. The maximum Gasteiger partial charge on any atom is 0.274 e. The zero-order chi connectivity index (χ0) is 18.5. The minimum atomic E-state index is -0.175. The Morgan fingerprint density at radius 1 is 1.31 bits per heavy atom. The second-order valence-corrected chi connectivity index (χ2v) is 8.40. The van der Waals surface area contributed by atoms with E-state index in [1.54, 1.807) is 24.5 Å². The van der Waals surface area contributed by atoms with Crippen LogP contribution in [0.25, 0.3) is 10.8 Å². The first-order valence-electron chi connectivity index (χ1n) is 8.60. The van der Waals surface area contributed by atoms with Crippen LogP contribution in [0.1, 0.15) is 36.5 Å². The van der Waals surface area contributed by atoms with Crippen LogP contribution < -0.4 is 10.9 Å². The third-order valence-electron chi connectivity index (χ3n) is 4.92. The van der Waals surface area contributed by atoms with Crippen LogP contribution >= 0.6 is 11.3 Å². The molecule has 0 atom stereocenters. The number of rotatable bonds is 3. The summed E-state index contributed by atoms with van der Waals surface area (Å²) >= 11 is 1.55. The molecule has 0 saturated heterocycles. The highest BCUT2D eigenvalue weighted by Crippen LogP contribution is 2.42. The Morgan fingerprint density at radius 3 is 2.77 bits per heavy atom. The summed E-state index contributed by atoms with van der Waals surface area (Å²) in [6, 6.07) is 7.24. The molecule has 0 bridgehead atoms. The Bertz CT molecular complexity index is 1080. The van der Waals surface area contributed by atoms with Crippen LogP contribution in [0.4, 0.5) is 5.13 Å². The van der Waals surface area contributed by atoms with Gasteiger partial charge in [-0.1, -0.05) is 32.0 Å². The largest absolute Gasteiger partial charge is 0.302 e. The molecule has 0 radical (unpaired) electrons. The van der Waals surface area contributed by atoms with Gasteiger partial charge in [0.15, 0.2) is 5.13 Å². The van der Waals surface area contributed by atoms with Crippen molar-refractivity contribution >= 4 is 33.1 Å². The van der Waals surface area contributed by atoms with Gasteiger partial charge in [0.05, 0.1) is 23.2 Å². The van der Waals surface area contributed by atoms with Gasteiger partial charge in [-0.25, -0.2) is 9.67 Å². The SMILES string of the molecule is Cn1nc(CC(=O)Nc2nc3c(s2)CCC3(C)C)c2ccccc2c1=O. The van der Waals surface area contributed by atoms with Crippen LogP contribution in [-0.2, 0) is 30.1 Å². The molecule has 1 amide bonds. The zero-order valence-corrected chi connectivity index (χ0v) is 15.8. The number of thiazole rings is 1. The first-order chi connectivity index (χ1) is 12.3. The van der Waals surface area contributed by atoms with Gasteiger partial charge in [0.2, 0.25) is 5.91 Å². The van der Waals surface area contributed by atoms with E-state index in [2.05, 4.69) is 29.2 Å². The standard InChI is InChI=1S/C19H20N4O2S/c1-19(2)9-8-14-16(19)21-18(26-14)20-15(24)10-13-11-6-4-5-7-12(11)17(25)23(3)22-13/h4-7H,8-10H2,1-3H3,(H,20,21,24). The number of carbonyl (C=O) groups excluding carboxylic acids is 1. The van der Waals surface area contributed by atoms with E-state index in [4.69, 9.17) is 0 Å². The number of fused-ring (bicyclic) bond motifs is 2. The quantitative estimate of drug-likeness (QED) is 0.771. The van der Waals surface area contributed by atoms with Crippen LogP contribution in [0.3, 0.4) is 0 Å². The fourth-order valence-electron chi connectivity index (χ4n) is 3.47. The number of carbonyl (C=O) groups is 1. The molecule has 4 rings (SSSR count). The van der Waals surface area contributed by atoms with Crippen molar-refractivity contribution < 1.29 is 4.79 Å². The Balaban J connectivity index is 1.59. The minimum absolute atomic E-state index is 0.0737. The van der Waals surface area contributed by atoms with Crippen molar-refractivity contribution in [2.45, 2.75) is 38.5 Å². The van der Waals surface area contributed by atoms with E-state index >= 15 is 0 Å². The summed E-state index contributed by atoms with van der Waals surface area (Å²) in [5, 5.41) is 9.11. The summed E-state index contributed by atoms with van der Waals surface area (Å²) in [4.78, 5) is 30.6. The molecule has 0 saturated carbocycles. The molecular formula is C19H20N4O2S. The first kappa shape index (κ1) is 16.9. The number of benzene rings is 1. The molecule has 0 fully saturated rings. The van der Waals surface area contributed by atoms with E-state index in [0.717, 1.165) is 18.5 Å². The van der Waals surface area contributed by atoms with Crippen molar-refractivity contribution in [1.82, 2.24) is 14.8 Å². The fourth-order valence-corrected chi connectivity index (χ4v) is 4.63. The summed E-state index contributed by atoms with van der Waals surface area (Å²) in [5.74, 6) is -0.175. The van der Waals surface area contributed by atoms with Crippen LogP contribution in [0, 0.1) is 0 Å². The van der Waals surface area contributed by atoms with Crippen LogP contribution in [0.2, 0.25) is 0 Å². The highest BCUT2D eigenvalue weighted by molar-refractivity contribution is 7.16. The maximum atomic E-state index is 12.5. The van der Waals surface area contributed by atoms with Crippen molar-refractivity contribution in [2.24, 2.45) is 7.05 Å². The maximum absolute atomic E-state index is 12.5. The monoisotopic (exact) mass is 368 g/mol. The Morgan fingerprint density at radius 2 is 2.04 bits per heavy atom. The lowest BCUT2D eigenvalue weighted by molar-refractivity contribution is -0.115. The molecule has 0 aliphatic heterocycles. The van der Waals surface area contributed by atoms with Gasteiger partial charge in [0, 0.05) is 22.7 Å². The lowest BCUT2D eigenvalue weighted by atomic mass is 9.91. The highest BCUT2D eigenvalue weighted by Gasteiger charge is 2.33. The fraction of sp³-hybridized carbons (Fsp3) is 0.368. The van der Waals surface area contributed by atoms with Gasteiger partial charge in [-0.2, -0.15) is 5.10 Å². The number of amides is 1. The first-order valence-corrected chi connectivity index (χ1v) is 9.42. The predicted molar refractivity (Wildman–Crippen MR) is 103 cm³/mol. The predicted octanol–water partition coefficient (Wildman–Crippen LogP) is 2.80. The number of anilines is 1. The van der Waals surface area contributed by atoms with Crippen molar-refractivity contribution in [3.63, 3.8) is 0 Å². The van der Waals surface area contributed by atoms with E-state index < -0.39 is 0 Å². The smallest absolute Gasteiger partial charge is 0.274 e. The zero-order valence-electron chi connectivity index (χ0n) is 15.0. The van der Waals surface area contributed by atoms with Gasteiger partial charge in [-0.05, 0) is 18.9 Å². The third-order valence-corrected chi connectivity index (χ3v) is 5.95. The van der Waals surface area contributed by atoms with Gasteiger partial charge in [0.25, 0.3) is 5.56 Å². The van der Waals surface area contributed by atoms with Gasteiger partial charge < -0.3 is 5.32 Å². The lowest BCUT2D eigenvalue weighted by Crippen LogP contribution is -2.24. The van der Waals surface area contributed by atoms with Crippen LogP contribution in [-0.4, -0.2) is 20.7 Å². The van der Waals surface area contributed by atoms with Gasteiger partial charge in [-0.15, -0.1) is 11.3 Å². The van der Waals surface area contributed by atoms with Crippen molar-refractivity contribution in [1.29, 1.82) is 0 Å². The lowest BCUT2D eigenvalue weighted by Gasteiger charge is -2.15. The number of nitrogens with one attached hydrogen (secondary N) is 1.